The van der Waals surface area contributed by atoms with E-state index in [1.54, 1.807) is 0 Å². The fraction of sp³-hybridized carbons (Fsp3) is 0.0526. The quantitative estimate of drug-likeness (QED) is 0.151. The Morgan fingerprint density at radius 2 is 0.935 bits per heavy atom. The van der Waals surface area contributed by atoms with E-state index in [2.05, 4.69) is 244 Å². The number of hydrogen-bond donors (Lipinski definition) is 3. The highest BCUT2D eigenvalue weighted by Gasteiger charge is 2.25. The average Bonchev–Trinajstić information content (AvgIpc) is 3.88. The van der Waals surface area contributed by atoms with Gasteiger partial charge in [0, 0.05) is 51.4 Å². The van der Waals surface area contributed by atoms with Gasteiger partial charge in [0.1, 0.15) is 6.17 Å². The predicted molar refractivity (Wildman–Crippen MR) is 258 cm³/mol. The summed E-state index contributed by atoms with van der Waals surface area (Å²) in [5.41, 5.74) is 16.4. The Labute approximate surface area is 360 Å². The minimum absolute atomic E-state index is 0.0181. The molecule has 0 aliphatic carbocycles. The van der Waals surface area contributed by atoms with Crippen molar-refractivity contribution in [2.45, 2.75) is 12.2 Å². The first-order valence-electron chi connectivity index (χ1n) is 21.5. The second-order valence-corrected chi connectivity index (χ2v) is 16.3. The molecule has 12 rings (SSSR count). The second-order valence-electron chi connectivity index (χ2n) is 16.3. The van der Waals surface area contributed by atoms with Crippen LogP contribution in [0.3, 0.4) is 0 Å². The molecule has 296 valence electrons. The molecule has 8 aromatic carbocycles. The van der Waals surface area contributed by atoms with Crippen LogP contribution in [0.25, 0.3) is 77.4 Å². The van der Waals surface area contributed by atoms with Gasteiger partial charge in [-0.25, -0.2) is 0 Å². The van der Waals surface area contributed by atoms with Crippen molar-refractivity contribution >= 4 is 54.9 Å². The lowest BCUT2D eigenvalue weighted by Gasteiger charge is -2.33. The van der Waals surface area contributed by atoms with Crippen LogP contribution in [0.2, 0.25) is 0 Å². The smallest absolute Gasteiger partial charge is 0.104 e. The van der Waals surface area contributed by atoms with Crippen molar-refractivity contribution in [3.05, 3.63) is 241 Å². The third-order valence-corrected chi connectivity index (χ3v) is 12.6. The molecule has 2 aromatic heterocycles. The van der Waals surface area contributed by atoms with E-state index in [1.165, 1.54) is 65.9 Å². The van der Waals surface area contributed by atoms with E-state index in [9.17, 15) is 0 Å². The maximum atomic E-state index is 3.91. The lowest BCUT2D eigenvalue weighted by molar-refractivity contribution is 0.442. The summed E-state index contributed by atoms with van der Waals surface area (Å²) in [5.74, 6) is 0. The highest BCUT2D eigenvalue weighted by atomic mass is 15.2. The number of aromatic nitrogens is 2. The molecule has 2 aliphatic rings. The maximum absolute atomic E-state index is 3.91. The predicted octanol–water partition coefficient (Wildman–Crippen LogP) is 13.0. The van der Waals surface area contributed by atoms with Crippen molar-refractivity contribution in [1.82, 2.24) is 25.1 Å². The number of allylic oxidation sites excluding steroid dienone is 2. The van der Waals surface area contributed by atoms with Crippen LogP contribution in [-0.2, 0) is 0 Å². The van der Waals surface area contributed by atoms with E-state index in [0.717, 1.165) is 40.3 Å². The summed E-state index contributed by atoms with van der Waals surface area (Å²) in [6, 6.07) is 70.8. The van der Waals surface area contributed by atoms with Crippen LogP contribution in [0, 0.1) is 0 Å². The summed E-state index contributed by atoms with van der Waals surface area (Å²) in [6.07, 6.45) is 8.70. The van der Waals surface area contributed by atoms with Crippen LogP contribution in [0.1, 0.15) is 34.5 Å². The molecule has 4 heterocycles. The molecule has 2 unspecified atom stereocenters. The summed E-state index contributed by atoms with van der Waals surface area (Å²) in [5, 5.41) is 16.1. The molecule has 3 N–H and O–H groups in total. The van der Waals surface area contributed by atoms with Crippen LogP contribution in [0.5, 0.6) is 0 Å². The minimum Gasteiger partial charge on any atom is -0.387 e. The van der Waals surface area contributed by atoms with Gasteiger partial charge in [0.25, 0.3) is 0 Å². The molecular weight excluding hydrogens is 755 g/mol. The Morgan fingerprint density at radius 3 is 1.47 bits per heavy atom. The Bertz CT molecular complexity index is 3160. The fourth-order valence-electron chi connectivity index (χ4n) is 9.63. The van der Waals surface area contributed by atoms with E-state index in [-0.39, 0.29) is 12.2 Å². The Balaban J connectivity index is 0.981. The van der Waals surface area contributed by atoms with E-state index < -0.39 is 0 Å². The Kier molecular flexibility index (Phi) is 8.72. The number of hydrogen-bond acceptors (Lipinski definition) is 3. The first-order chi connectivity index (χ1) is 30.7. The maximum Gasteiger partial charge on any atom is 0.104 e. The van der Waals surface area contributed by atoms with Gasteiger partial charge in [0.15, 0.2) is 0 Å². The lowest BCUT2D eigenvalue weighted by atomic mass is 9.95. The number of nitrogens with one attached hydrogen (secondary N) is 3. The molecular formula is C57H43N5. The molecule has 0 radical (unpaired) electrons. The monoisotopic (exact) mass is 797 g/mol. The van der Waals surface area contributed by atoms with Gasteiger partial charge >= 0.3 is 0 Å². The van der Waals surface area contributed by atoms with Gasteiger partial charge in [-0.05, 0) is 87.5 Å². The number of para-hydroxylation sites is 4. The standard InChI is InChI=1S/C57H43N5/c1-2-13-42(14-3-1)57-59-51(40-28-24-38(25-29-40)43-15-12-32-58-37-43)36-52(60-57)41-30-26-39(27-31-41)44-33-45(61-53-20-8-4-16-47(53)48-17-5-9-21-54(48)61)35-46(34-44)62-55-22-10-6-18-49(55)50-19-7-11-23-56(50)62/h1-31,33-37,52,57-60H,32H2. The van der Waals surface area contributed by atoms with Crippen LogP contribution < -0.4 is 16.0 Å². The molecule has 0 saturated heterocycles. The molecule has 0 saturated carbocycles. The SMILES string of the molecule is C1=CC(c2ccc(C3=CC(c4ccc(-c5cc(-n6c7ccccc7c7ccccc76)cc(-n6c7ccccc7c7ccccc76)c5)cc4)NC(c4ccccc4)N3)cc2)=CNC1. The fourth-order valence-corrected chi connectivity index (χ4v) is 9.63. The van der Waals surface area contributed by atoms with Crippen molar-refractivity contribution in [3.63, 3.8) is 0 Å². The third-order valence-electron chi connectivity index (χ3n) is 12.6. The molecule has 0 amide bonds. The molecule has 0 spiro atoms. The number of rotatable bonds is 7. The highest BCUT2D eigenvalue weighted by molar-refractivity contribution is 6.10. The molecule has 62 heavy (non-hydrogen) atoms. The first kappa shape index (κ1) is 36.0. The van der Waals surface area contributed by atoms with Gasteiger partial charge in [0.2, 0.25) is 0 Å². The molecule has 0 fully saturated rings. The van der Waals surface area contributed by atoms with Crippen LogP contribution in [0.4, 0.5) is 0 Å². The van der Waals surface area contributed by atoms with Gasteiger partial charge in [0.05, 0.1) is 28.1 Å². The molecule has 2 atom stereocenters. The summed E-state index contributed by atoms with van der Waals surface area (Å²) >= 11 is 0. The molecule has 10 aromatic rings. The zero-order chi connectivity index (χ0) is 41.0. The zero-order valence-corrected chi connectivity index (χ0v) is 34.0. The lowest BCUT2D eigenvalue weighted by Crippen LogP contribution is -2.39. The molecule has 5 heteroatoms. The summed E-state index contributed by atoms with van der Waals surface area (Å²) in [7, 11) is 0. The van der Waals surface area contributed by atoms with Crippen LogP contribution in [-0.4, -0.2) is 15.7 Å². The Hall–Kier alpha value is -7.86. The van der Waals surface area contributed by atoms with Crippen molar-refractivity contribution in [2.24, 2.45) is 0 Å². The van der Waals surface area contributed by atoms with Gasteiger partial charge in [-0.15, -0.1) is 0 Å². The summed E-state index contributed by atoms with van der Waals surface area (Å²) in [4.78, 5) is 0. The van der Waals surface area contributed by atoms with Crippen molar-refractivity contribution in [3.8, 4) is 22.5 Å². The number of fused-ring (bicyclic) bond motifs is 6. The second kappa shape index (κ2) is 15.0. The van der Waals surface area contributed by atoms with E-state index in [0.29, 0.717) is 0 Å². The van der Waals surface area contributed by atoms with Gasteiger partial charge in [-0.2, -0.15) is 0 Å². The number of benzene rings is 8. The third kappa shape index (κ3) is 6.21. The minimum atomic E-state index is -0.0644. The molecule has 0 bridgehead atoms. The molecule has 5 nitrogen and oxygen atoms in total. The van der Waals surface area contributed by atoms with Gasteiger partial charge < -0.3 is 19.8 Å². The number of nitrogens with zero attached hydrogens (tertiary/aromatic N) is 2. The topological polar surface area (TPSA) is 46.0 Å². The summed E-state index contributed by atoms with van der Waals surface area (Å²) < 4.78 is 4.86. The van der Waals surface area contributed by atoms with Crippen molar-refractivity contribution in [1.29, 1.82) is 0 Å². The van der Waals surface area contributed by atoms with E-state index in [4.69, 9.17) is 0 Å². The van der Waals surface area contributed by atoms with E-state index in [1.807, 2.05) is 0 Å². The van der Waals surface area contributed by atoms with E-state index >= 15 is 0 Å². The number of dihydropyridines is 1. The summed E-state index contributed by atoms with van der Waals surface area (Å²) in [6.45, 7) is 0.868. The van der Waals surface area contributed by atoms with Crippen LogP contribution >= 0.6 is 0 Å². The first-order valence-corrected chi connectivity index (χ1v) is 21.5. The normalized spacial score (nSPS) is 16.3. The van der Waals surface area contributed by atoms with Crippen LogP contribution in [0.15, 0.2) is 219 Å². The van der Waals surface area contributed by atoms with Crippen molar-refractivity contribution < 1.29 is 0 Å². The largest absolute Gasteiger partial charge is 0.387 e. The average molecular weight is 798 g/mol. The molecule has 2 aliphatic heterocycles. The highest BCUT2D eigenvalue weighted by Crippen LogP contribution is 2.39. The zero-order valence-electron chi connectivity index (χ0n) is 34.0. The Morgan fingerprint density at radius 1 is 0.435 bits per heavy atom. The van der Waals surface area contributed by atoms with Gasteiger partial charge in [-0.1, -0.05) is 164 Å². The van der Waals surface area contributed by atoms with Gasteiger partial charge in [-0.3, -0.25) is 5.32 Å². The van der Waals surface area contributed by atoms with Crippen molar-refractivity contribution in [2.75, 3.05) is 6.54 Å².